The van der Waals surface area contributed by atoms with Crippen LogP contribution in [-0.4, -0.2) is 17.5 Å². The standard InChI is InChI=1S/C8H11ClN2S/c9-7-5-11-12-8(7)6-2-1-3-10-4-6/h5-6,10H,1-4H2. The summed E-state index contributed by atoms with van der Waals surface area (Å²) in [7, 11) is 0. The molecule has 0 saturated carbocycles. The van der Waals surface area contributed by atoms with Gasteiger partial charge in [-0.15, -0.1) is 0 Å². The van der Waals surface area contributed by atoms with Gasteiger partial charge in [-0.3, -0.25) is 0 Å². The molecule has 0 bridgehead atoms. The first-order chi connectivity index (χ1) is 5.88. The zero-order valence-corrected chi connectivity index (χ0v) is 8.29. The second-order valence-corrected chi connectivity index (χ2v) is 4.32. The minimum Gasteiger partial charge on any atom is -0.316 e. The maximum Gasteiger partial charge on any atom is 0.0749 e. The molecule has 1 aliphatic rings. The molecule has 0 aromatic carbocycles. The summed E-state index contributed by atoms with van der Waals surface area (Å²) < 4.78 is 4.08. The second kappa shape index (κ2) is 3.73. The predicted octanol–water partition coefficient (Wildman–Crippen LogP) is 2.26. The number of halogens is 1. The molecule has 1 unspecified atom stereocenters. The molecule has 0 aliphatic carbocycles. The third-order valence-corrected chi connectivity index (χ3v) is 3.59. The molecular weight excluding hydrogens is 192 g/mol. The smallest absolute Gasteiger partial charge is 0.0749 e. The molecule has 1 saturated heterocycles. The number of nitrogens with one attached hydrogen (secondary N) is 1. The summed E-state index contributed by atoms with van der Waals surface area (Å²) >= 11 is 7.53. The SMILES string of the molecule is Clc1cnsc1C1CCCNC1. The van der Waals surface area contributed by atoms with E-state index in [0.717, 1.165) is 18.1 Å². The lowest BCUT2D eigenvalue weighted by molar-refractivity contribution is 0.466. The number of aromatic nitrogens is 1. The first-order valence-electron chi connectivity index (χ1n) is 4.18. The largest absolute Gasteiger partial charge is 0.316 e. The van der Waals surface area contributed by atoms with Crippen molar-refractivity contribution in [2.24, 2.45) is 0 Å². The highest BCUT2D eigenvalue weighted by molar-refractivity contribution is 7.06. The van der Waals surface area contributed by atoms with Crippen LogP contribution >= 0.6 is 23.1 Å². The second-order valence-electron chi connectivity index (χ2n) is 3.08. The van der Waals surface area contributed by atoms with Crippen LogP contribution < -0.4 is 5.32 Å². The van der Waals surface area contributed by atoms with Crippen LogP contribution in [0.2, 0.25) is 5.02 Å². The number of nitrogens with zero attached hydrogens (tertiary/aromatic N) is 1. The summed E-state index contributed by atoms with van der Waals surface area (Å²) in [5, 5.41) is 4.21. The van der Waals surface area contributed by atoms with Crippen LogP contribution in [0, 0.1) is 0 Å². The Bertz CT molecular complexity index is 255. The summed E-state index contributed by atoms with van der Waals surface area (Å²) in [6.45, 7) is 2.20. The van der Waals surface area contributed by atoms with Crippen molar-refractivity contribution >= 4 is 23.1 Å². The number of rotatable bonds is 1. The molecule has 1 N–H and O–H groups in total. The molecule has 12 heavy (non-hydrogen) atoms. The Morgan fingerprint density at radius 2 is 2.58 bits per heavy atom. The maximum atomic E-state index is 5.99. The Morgan fingerprint density at radius 3 is 3.17 bits per heavy atom. The Morgan fingerprint density at radius 1 is 1.67 bits per heavy atom. The summed E-state index contributed by atoms with van der Waals surface area (Å²) in [6.07, 6.45) is 4.24. The van der Waals surface area contributed by atoms with Crippen LogP contribution in [0.1, 0.15) is 23.6 Å². The molecule has 2 rings (SSSR count). The van der Waals surface area contributed by atoms with Crippen LogP contribution in [0.25, 0.3) is 0 Å². The van der Waals surface area contributed by atoms with Gasteiger partial charge < -0.3 is 5.32 Å². The third kappa shape index (κ3) is 1.63. The minimum atomic E-state index is 0.596. The van der Waals surface area contributed by atoms with Crippen LogP contribution in [0.3, 0.4) is 0 Å². The van der Waals surface area contributed by atoms with Gasteiger partial charge in [0.1, 0.15) is 0 Å². The van der Waals surface area contributed by atoms with Crippen molar-refractivity contribution in [3.05, 3.63) is 16.1 Å². The van der Waals surface area contributed by atoms with E-state index in [4.69, 9.17) is 11.6 Å². The molecule has 1 aromatic rings. The van der Waals surface area contributed by atoms with Crippen molar-refractivity contribution in [1.29, 1.82) is 0 Å². The molecule has 2 heterocycles. The van der Waals surface area contributed by atoms with Gasteiger partial charge in [-0.05, 0) is 30.9 Å². The van der Waals surface area contributed by atoms with Gasteiger partial charge >= 0.3 is 0 Å². The van der Waals surface area contributed by atoms with Crippen molar-refractivity contribution in [2.45, 2.75) is 18.8 Å². The average Bonchev–Trinajstić information content (AvgIpc) is 2.53. The average molecular weight is 203 g/mol. The molecule has 2 nitrogen and oxygen atoms in total. The maximum absolute atomic E-state index is 5.99. The van der Waals surface area contributed by atoms with Crippen LogP contribution in [0.15, 0.2) is 6.20 Å². The van der Waals surface area contributed by atoms with E-state index in [2.05, 4.69) is 9.69 Å². The van der Waals surface area contributed by atoms with Gasteiger partial charge in [0.25, 0.3) is 0 Å². The van der Waals surface area contributed by atoms with Crippen molar-refractivity contribution < 1.29 is 0 Å². The van der Waals surface area contributed by atoms with Gasteiger partial charge in [-0.2, -0.15) is 4.37 Å². The summed E-state index contributed by atoms with van der Waals surface area (Å²) in [6, 6.07) is 0. The van der Waals surface area contributed by atoms with Crippen molar-refractivity contribution in [3.8, 4) is 0 Å². The number of piperidine rings is 1. The zero-order valence-electron chi connectivity index (χ0n) is 6.72. The number of hydrogen-bond donors (Lipinski definition) is 1. The fourth-order valence-electron chi connectivity index (χ4n) is 1.58. The summed E-state index contributed by atoms with van der Waals surface area (Å²) in [4.78, 5) is 1.25. The van der Waals surface area contributed by atoms with Crippen LogP contribution in [0.4, 0.5) is 0 Å². The first-order valence-corrected chi connectivity index (χ1v) is 5.34. The molecule has 1 aliphatic heterocycles. The zero-order chi connectivity index (χ0) is 8.39. The van der Waals surface area contributed by atoms with Gasteiger partial charge in [-0.1, -0.05) is 11.6 Å². The Kier molecular flexibility index (Phi) is 2.63. The predicted molar refractivity (Wildman–Crippen MR) is 52.0 cm³/mol. The molecule has 4 heteroatoms. The minimum absolute atomic E-state index is 0.596. The Hall–Kier alpha value is -0.120. The van der Waals surface area contributed by atoms with Crippen molar-refractivity contribution in [1.82, 2.24) is 9.69 Å². The Balaban J connectivity index is 2.13. The van der Waals surface area contributed by atoms with Crippen LogP contribution in [-0.2, 0) is 0 Å². The quantitative estimate of drug-likeness (QED) is 0.756. The summed E-state index contributed by atoms with van der Waals surface area (Å²) in [5.74, 6) is 0.596. The third-order valence-electron chi connectivity index (χ3n) is 2.22. The van der Waals surface area contributed by atoms with E-state index in [1.807, 2.05) is 0 Å². The van der Waals surface area contributed by atoms with E-state index < -0.39 is 0 Å². The van der Waals surface area contributed by atoms with Crippen molar-refractivity contribution in [3.63, 3.8) is 0 Å². The van der Waals surface area contributed by atoms with E-state index in [1.165, 1.54) is 29.3 Å². The fourth-order valence-corrected chi connectivity index (χ4v) is 2.71. The Labute approximate surface area is 81.1 Å². The molecule has 0 radical (unpaired) electrons. The van der Waals surface area contributed by atoms with Gasteiger partial charge in [0, 0.05) is 17.3 Å². The topological polar surface area (TPSA) is 24.9 Å². The van der Waals surface area contributed by atoms with E-state index in [-0.39, 0.29) is 0 Å². The lowest BCUT2D eigenvalue weighted by Crippen LogP contribution is -2.27. The molecular formula is C8H11ClN2S. The van der Waals surface area contributed by atoms with Gasteiger partial charge in [-0.25, -0.2) is 0 Å². The first kappa shape index (κ1) is 8.48. The monoisotopic (exact) mass is 202 g/mol. The number of hydrogen-bond acceptors (Lipinski definition) is 3. The molecule has 0 spiro atoms. The van der Waals surface area contributed by atoms with E-state index in [9.17, 15) is 0 Å². The van der Waals surface area contributed by atoms with Gasteiger partial charge in [0.05, 0.1) is 11.2 Å². The van der Waals surface area contributed by atoms with Gasteiger partial charge in [0.15, 0.2) is 0 Å². The van der Waals surface area contributed by atoms with E-state index >= 15 is 0 Å². The van der Waals surface area contributed by atoms with E-state index in [1.54, 1.807) is 6.20 Å². The normalized spacial score (nSPS) is 24.2. The van der Waals surface area contributed by atoms with Gasteiger partial charge in [0.2, 0.25) is 0 Å². The molecule has 1 aromatic heterocycles. The molecule has 1 fully saturated rings. The van der Waals surface area contributed by atoms with Crippen LogP contribution in [0.5, 0.6) is 0 Å². The fraction of sp³-hybridized carbons (Fsp3) is 0.625. The lowest BCUT2D eigenvalue weighted by atomic mass is 9.98. The van der Waals surface area contributed by atoms with Crippen molar-refractivity contribution in [2.75, 3.05) is 13.1 Å². The molecule has 1 atom stereocenters. The summed E-state index contributed by atoms with van der Waals surface area (Å²) in [5.41, 5.74) is 0. The highest BCUT2D eigenvalue weighted by Gasteiger charge is 2.19. The molecule has 0 amide bonds. The van der Waals surface area contributed by atoms with E-state index in [0.29, 0.717) is 5.92 Å². The molecule has 66 valence electrons. The lowest BCUT2D eigenvalue weighted by Gasteiger charge is -2.21. The highest BCUT2D eigenvalue weighted by Crippen LogP contribution is 2.31. The highest BCUT2D eigenvalue weighted by atomic mass is 35.5.